The predicted molar refractivity (Wildman–Crippen MR) is 81.7 cm³/mol. The van der Waals surface area contributed by atoms with E-state index in [0.29, 0.717) is 5.92 Å². The first-order valence-corrected chi connectivity index (χ1v) is 7.99. The van der Waals surface area contributed by atoms with Crippen LogP contribution in [0.4, 0.5) is 0 Å². The fourth-order valence-electron chi connectivity index (χ4n) is 3.72. The second kappa shape index (κ2) is 5.17. The second-order valence-electron chi connectivity index (χ2n) is 6.50. The first-order valence-electron chi connectivity index (χ1n) is 7.99. The molecule has 4 nitrogen and oxygen atoms in total. The first-order chi connectivity index (χ1) is 10.3. The Morgan fingerprint density at radius 2 is 2.05 bits per heavy atom. The molecule has 1 N–H and O–H groups in total. The SMILES string of the molecule is O=C(NCCCn1cnc2ccccc21)C1CC2CC2C1. The predicted octanol–water partition coefficient (Wildman–Crippen LogP) is 2.59. The van der Waals surface area contributed by atoms with Crippen LogP contribution in [0.2, 0.25) is 0 Å². The van der Waals surface area contributed by atoms with Gasteiger partial charge in [-0.2, -0.15) is 0 Å². The van der Waals surface area contributed by atoms with Gasteiger partial charge in [-0.3, -0.25) is 4.79 Å². The molecule has 0 radical (unpaired) electrons. The number of nitrogens with one attached hydrogen (secondary N) is 1. The van der Waals surface area contributed by atoms with Crippen LogP contribution in [-0.4, -0.2) is 22.0 Å². The maximum atomic E-state index is 12.1. The number of hydrogen-bond acceptors (Lipinski definition) is 2. The van der Waals surface area contributed by atoms with E-state index >= 15 is 0 Å². The Balaban J connectivity index is 1.25. The Bertz CT molecular complexity index is 653. The van der Waals surface area contributed by atoms with E-state index in [-0.39, 0.29) is 5.91 Å². The van der Waals surface area contributed by atoms with E-state index in [9.17, 15) is 4.79 Å². The van der Waals surface area contributed by atoms with Gasteiger partial charge in [-0.25, -0.2) is 4.98 Å². The maximum Gasteiger partial charge on any atom is 0.223 e. The Morgan fingerprint density at radius 1 is 1.24 bits per heavy atom. The van der Waals surface area contributed by atoms with Gasteiger partial charge in [0, 0.05) is 19.0 Å². The van der Waals surface area contributed by atoms with Gasteiger partial charge in [0.2, 0.25) is 5.91 Å². The number of aromatic nitrogens is 2. The molecule has 4 heteroatoms. The van der Waals surface area contributed by atoms with Gasteiger partial charge >= 0.3 is 0 Å². The lowest BCUT2D eigenvalue weighted by Crippen LogP contribution is -2.31. The van der Waals surface area contributed by atoms with Crippen molar-refractivity contribution in [3.63, 3.8) is 0 Å². The summed E-state index contributed by atoms with van der Waals surface area (Å²) in [5.41, 5.74) is 2.20. The molecule has 2 unspecified atom stereocenters. The van der Waals surface area contributed by atoms with Gasteiger partial charge in [0.05, 0.1) is 17.4 Å². The van der Waals surface area contributed by atoms with E-state index in [1.807, 2.05) is 24.5 Å². The fraction of sp³-hybridized carbons (Fsp3) is 0.529. The normalized spacial score (nSPS) is 26.8. The van der Waals surface area contributed by atoms with Crippen LogP contribution >= 0.6 is 0 Å². The standard InChI is InChI=1S/C17H21N3O/c21-17(14-9-12-8-13(12)10-14)18-6-3-7-20-11-19-15-4-1-2-5-16(15)20/h1-2,4-5,11-14H,3,6-10H2,(H,18,21). The van der Waals surface area contributed by atoms with Crippen molar-refractivity contribution in [3.05, 3.63) is 30.6 Å². The minimum atomic E-state index is 0.276. The topological polar surface area (TPSA) is 46.9 Å². The summed E-state index contributed by atoms with van der Waals surface area (Å²) in [5, 5.41) is 3.10. The zero-order chi connectivity index (χ0) is 14.2. The van der Waals surface area contributed by atoms with Crippen LogP contribution < -0.4 is 5.32 Å². The number of aryl methyl sites for hydroxylation is 1. The molecule has 2 aliphatic carbocycles. The highest BCUT2D eigenvalue weighted by Gasteiger charge is 2.47. The number of nitrogens with zero attached hydrogens (tertiary/aromatic N) is 2. The molecule has 4 rings (SSSR count). The third kappa shape index (κ3) is 2.55. The van der Waals surface area contributed by atoms with Crippen LogP contribution in [-0.2, 0) is 11.3 Å². The zero-order valence-corrected chi connectivity index (χ0v) is 12.2. The highest BCUT2D eigenvalue weighted by atomic mass is 16.1. The second-order valence-corrected chi connectivity index (χ2v) is 6.50. The molecule has 0 bridgehead atoms. The van der Waals surface area contributed by atoms with E-state index in [1.54, 1.807) is 0 Å². The highest BCUT2D eigenvalue weighted by Crippen LogP contribution is 2.54. The number of para-hydroxylation sites is 2. The van der Waals surface area contributed by atoms with Gasteiger partial charge in [-0.05, 0) is 49.7 Å². The van der Waals surface area contributed by atoms with Crippen molar-refractivity contribution in [1.29, 1.82) is 0 Å². The van der Waals surface area contributed by atoms with E-state index in [0.717, 1.165) is 49.7 Å². The Hall–Kier alpha value is -1.84. The molecule has 1 amide bonds. The molecule has 0 saturated heterocycles. The zero-order valence-electron chi connectivity index (χ0n) is 12.2. The molecule has 1 aromatic heterocycles. The van der Waals surface area contributed by atoms with Crippen molar-refractivity contribution >= 4 is 16.9 Å². The lowest BCUT2D eigenvalue weighted by molar-refractivity contribution is -0.125. The molecule has 1 aromatic carbocycles. The number of carbonyl (C=O) groups is 1. The number of carbonyl (C=O) groups excluding carboxylic acids is 1. The maximum absolute atomic E-state index is 12.1. The van der Waals surface area contributed by atoms with Crippen LogP contribution in [0.1, 0.15) is 25.7 Å². The van der Waals surface area contributed by atoms with Crippen molar-refractivity contribution in [2.24, 2.45) is 17.8 Å². The van der Waals surface area contributed by atoms with Gasteiger partial charge in [0.15, 0.2) is 0 Å². The quantitative estimate of drug-likeness (QED) is 0.857. The summed E-state index contributed by atoms with van der Waals surface area (Å²) in [4.78, 5) is 16.4. The lowest BCUT2D eigenvalue weighted by Gasteiger charge is -2.12. The molecule has 1 heterocycles. The van der Waals surface area contributed by atoms with E-state index in [4.69, 9.17) is 0 Å². The molecule has 0 spiro atoms. The van der Waals surface area contributed by atoms with E-state index in [1.165, 1.54) is 11.9 Å². The largest absolute Gasteiger partial charge is 0.356 e. The molecule has 2 saturated carbocycles. The van der Waals surface area contributed by atoms with Crippen molar-refractivity contribution in [1.82, 2.24) is 14.9 Å². The van der Waals surface area contributed by atoms with Crippen molar-refractivity contribution in [2.45, 2.75) is 32.2 Å². The Labute approximate surface area is 124 Å². The summed E-state index contributed by atoms with van der Waals surface area (Å²) in [6.45, 7) is 1.66. The van der Waals surface area contributed by atoms with E-state index < -0.39 is 0 Å². The number of imidazole rings is 1. The summed E-state index contributed by atoms with van der Waals surface area (Å²) in [5.74, 6) is 2.32. The van der Waals surface area contributed by atoms with Gasteiger partial charge < -0.3 is 9.88 Å². The van der Waals surface area contributed by atoms with Crippen LogP contribution in [0.25, 0.3) is 11.0 Å². The Morgan fingerprint density at radius 3 is 2.90 bits per heavy atom. The molecule has 2 aliphatic rings. The minimum absolute atomic E-state index is 0.276. The Kier molecular flexibility index (Phi) is 3.17. The molecular weight excluding hydrogens is 262 g/mol. The van der Waals surface area contributed by atoms with Gasteiger partial charge in [0.1, 0.15) is 0 Å². The first kappa shape index (κ1) is 12.9. The van der Waals surface area contributed by atoms with Crippen molar-refractivity contribution in [2.75, 3.05) is 6.54 Å². The molecule has 21 heavy (non-hydrogen) atoms. The number of rotatable bonds is 5. The number of amides is 1. The molecule has 2 atom stereocenters. The molecular formula is C17H21N3O. The van der Waals surface area contributed by atoms with Crippen LogP contribution in [0.5, 0.6) is 0 Å². The number of hydrogen-bond donors (Lipinski definition) is 1. The summed E-state index contributed by atoms with van der Waals surface area (Å²) in [7, 11) is 0. The average Bonchev–Trinajstić information content (AvgIpc) is 2.95. The molecule has 110 valence electrons. The van der Waals surface area contributed by atoms with Crippen molar-refractivity contribution in [3.8, 4) is 0 Å². The lowest BCUT2D eigenvalue weighted by atomic mass is 10.0. The summed E-state index contributed by atoms with van der Waals surface area (Å²) < 4.78 is 2.16. The van der Waals surface area contributed by atoms with Gasteiger partial charge in [0.25, 0.3) is 0 Å². The van der Waals surface area contributed by atoms with Gasteiger partial charge in [-0.15, -0.1) is 0 Å². The summed E-state index contributed by atoms with van der Waals surface area (Å²) in [6, 6.07) is 8.16. The fourth-order valence-corrected chi connectivity index (χ4v) is 3.72. The monoisotopic (exact) mass is 283 g/mol. The minimum Gasteiger partial charge on any atom is -0.356 e. The summed E-state index contributed by atoms with van der Waals surface area (Å²) >= 11 is 0. The smallest absolute Gasteiger partial charge is 0.223 e. The van der Waals surface area contributed by atoms with Crippen LogP contribution in [0, 0.1) is 17.8 Å². The molecule has 2 fully saturated rings. The molecule has 2 aromatic rings. The van der Waals surface area contributed by atoms with Crippen molar-refractivity contribution < 1.29 is 4.79 Å². The average molecular weight is 283 g/mol. The number of benzene rings is 1. The third-order valence-corrected chi connectivity index (χ3v) is 5.02. The van der Waals surface area contributed by atoms with Crippen LogP contribution in [0.3, 0.4) is 0 Å². The third-order valence-electron chi connectivity index (χ3n) is 5.02. The van der Waals surface area contributed by atoms with E-state index in [2.05, 4.69) is 20.9 Å². The van der Waals surface area contributed by atoms with Gasteiger partial charge in [-0.1, -0.05) is 12.1 Å². The molecule has 0 aliphatic heterocycles. The summed E-state index contributed by atoms with van der Waals surface area (Å²) in [6.07, 6.45) is 6.46. The number of fused-ring (bicyclic) bond motifs is 2. The van der Waals surface area contributed by atoms with Crippen LogP contribution in [0.15, 0.2) is 30.6 Å². The highest BCUT2D eigenvalue weighted by molar-refractivity contribution is 5.79.